The summed E-state index contributed by atoms with van der Waals surface area (Å²) in [6.07, 6.45) is -3.35. The second kappa shape index (κ2) is 5.43. The second-order valence-electron chi connectivity index (χ2n) is 4.15. The molecule has 21 heavy (non-hydrogen) atoms. The number of rotatable bonds is 3. The van der Waals surface area contributed by atoms with Gasteiger partial charge in [0.25, 0.3) is 0 Å². The third-order valence-electron chi connectivity index (χ3n) is 2.83. The van der Waals surface area contributed by atoms with Crippen molar-refractivity contribution in [2.24, 2.45) is 0 Å². The summed E-state index contributed by atoms with van der Waals surface area (Å²) in [5.74, 6) is -1.37. The van der Waals surface area contributed by atoms with E-state index in [9.17, 15) is 18.0 Å². The van der Waals surface area contributed by atoms with Crippen molar-refractivity contribution in [3.05, 3.63) is 47.7 Å². The highest BCUT2D eigenvalue weighted by Crippen LogP contribution is 2.35. The average Bonchev–Trinajstić information content (AvgIpc) is 2.45. The minimum absolute atomic E-state index is 0.230. The molecule has 0 spiro atoms. The molecule has 1 aromatic heterocycles. The van der Waals surface area contributed by atoms with Gasteiger partial charge in [0.2, 0.25) is 5.88 Å². The molecule has 0 aliphatic carbocycles. The van der Waals surface area contributed by atoms with Crippen LogP contribution in [0.2, 0.25) is 0 Å². The first kappa shape index (κ1) is 14.8. The Balaban J connectivity index is 2.58. The van der Waals surface area contributed by atoms with Crippen molar-refractivity contribution in [2.45, 2.75) is 6.18 Å². The van der Waals surface area contributed by atoms with Crippen molar-refractivity contribution in [2.75, 3.05) is 7.11 Å². The number of carboxylic acid groups (broad SMARTS) is 1. The fourth-order valence-corrected chi connectivity index (χ4v) is 1.85. The number of halogens is 3. The van der Waals surface area contributed by atoms with E-state index in [1.807, 2.05) is 0 Å². The van der Waals surface area contributed by atoms with Gasteiger partial charge in [-0.3, -0.25) is 0 Å². The molecule has 0 fully saturated rings. The number of aromatic nitrogens is 1. The number of carbonyl (C=O) groups is 1. The van der Waals surface area contributed by atoms with E-state index in [4.69, 9.17) is 9.84 Å². The Labute approximate surface area is 117 Å². The monoisotopic (exact) mass is 297 g/mol. The van der Waals surface area contributed by atoms with Gasteiger partial charge in [0.05, 0.1) is 18.2 Å². The van der Waals surface area contributed by atoms with Crippen molar-refractivity contribution in [1.82, 2.24) is 4.98 Å². The summed E-state index contributed by atoms with van der Waals surface area (Å²) in [5, 5.41) is 8.84. The topological polar surface area (TPSA) is 59.4 Å². The van der Waals surface area contributed by atoms with Crippen LogP contribution in [-0.2, 0) is 6.18 Å². The van der Waals surface area contributed by atoms with Gasteiger partial charge in [0, 0.05) is 12.3 Å². The molecule has 0 bridgehead atoms. The van der Waals surface area contributed by atoms with Gasteiger partial charge in [0.1, 0.15) is 0 Å². The summed E-state index contributed by atoms with van der Waals surface area (Å²) in [4.78, 5) is 14.7. The highest BCUT2D eigenvalue weighted by atomic mass is 19.4. The third-order valence-corrected chi connectivity index (χ3v) is 2.83. The minimum Gasteiger partial charge on any atom is -0.481 e. The molecule has 0 aliphatic heterocycles. The molecule has 0 saturated heterocycles. The smallest absolute Gasteiger partial charge is 0.417 e. The summed E-state index contributed by atoms with van der Waals surface area (Å²) in [5.41, 5.74) is -1.30. The number of hydrogen-bond acceptors (Lipinski definition) is 3. The van der Waals surface area contributed by atoms with Crippen LogP contribution in [0, 0.1) is 0 Å². The molecule has 0 unspecified atom stereocenters. The molecule has 2 aromatic rings. The Morgan fingerprint density at radius 2 is 1.86 bits per heavy atom. The standard InChI is InChI=1S/C14H10F3NO3/c1-21-12-7-9(4-5-18-12)8-2-3-10(13(19)20)11(6-8)14(15,16)17/h2-7H,1H3,(H,19,20). The zero-order valence-electron chi connectivity index (χ0n) is 10.8. The number of alkyl halides is 3. The van der Waals surface area contributed by atoms with Crippen molar-refractivity contribution in [1.29, 1.82) is 0 Å². The van der Waals surface area contributed by atoms with Crippen LogP contribution < -0.4 is 4.74 Å². The molecule has 1 N–H and O–H groups in total. The maximum atomic E-state index is 12.9. The Kier molecular flexibility index (Phi) is 3.84. The highest BCUT2D eigenvalue weighted by Gasteiger charge is 2.35. The number of ether oxygens (including phenoxy) is 1. The summed E-state index contributed by atoms with van der Waals surface area (Å²) in [6, 6.07) is 6.04. The van der Waals surface area contributed by atoms with E-state index in [0.717, 1.165) is 12.1 Å². The molecular formula is C14H10F3NO3. The number of nitrogens with zero attached hydrogens (tertiary/aromatic N) is 1. The fourth-order valence-electron chi connectivity index (χ4n) is 1.85. The van der Waals surface area contributed by atoms with E-state index in [2.05, 4.69) is 4.98 Å². The lowest BCUT2D eigenvalue weighted by molar-refractivity contribution is -0.138. The molecule has 0 atom stereocenters. The number of hydrogen-bond donors (Lipinski definition) is 1. The van der Waals surface area contributed by atoms with Crippen LogP contribution in [0.5, 0.6) is 5.88 Å². The van der Waals surface area contributed by atoms with Crippen molar-refractivity contribution < 1.29 is 27.8 Å². The quantitative estimate of drug-likeness (QED) is 0.942. The van der Waals surface area contributed by atoms with Crippen molar-refractivity contribution >= 4 is 5.97 Å². The number of carboxylic acids is 1. The average molecular weight is 297 g/mol. The van der Waals surface area contributed by atoms with Crippen LogP contribution in [0.4, 0.5) is 13.2 Å². The van der Waals surface area contributed by atoms with Gasteiger partial charge in [-0.25, -0.2) is 9.78 Å². The van der Waals surface area contributed by atoms with Gasteiger partial charge < -0.3 is 9.84 Å². The lowest BCUT2D eigenvalue weighted by Crippen LogP contribution is -2.13. The molecular weight excluding hydrogens is 287 g/mol. The molecule has 1 aromatic carbocycles. The van der Waals surface area contributed by atoms with Gasteiger partial charge in [0.15, 0.2) is 0 Å². The molecule has 110 valence electrons. The van der Waals surface area contributed by atoms with Crippen molar-refractivity contribution in [3.8, 4) is 17.0 Å². The van der Waals surface area contributed by atoms with E-state index in [1.165, 1.54) is 31.5 Å². The van der Waals surface area contributed by atoms with Gasteiger partial charge >= 0.3 is 12.1 Å². The van der Waals surface area contributed by atoms with E-state index in [-0.39, 0.29) is 11.4 Å². The van der Waals surface area contributed by atoms with E-state index in [0.29, 0.717) is 5.56 Å². The molecule has 0 radical (unpaired) electrons. The van der Waals surface area contributed by atoms with Crippen LogP contribution in [-0.4, -0.2) is 23.2 Å². The molecule has 0 aliphatic rings. The Bertz CT molecular complexity index is 683. The van der Waals surface area contributed by atoms with E-state index >= 15 is 0 Å². The Morgan fingerprint density at radius 3 is 2.43 bits per heavy atom. The first-order chi connectivity index (χ1) is 9.82. The lowest BCUT2D eigenvalue weighted by atomic mass is 9.99. The number of pyridine rings is 1. The van der Waals surface area contributed by atoms with Gasteiger partial charge in [-0.1, -0.05) is 6.07 Å². The van der Waals surface area contributed by atoms with Crippen LogP contribution >= 0.6 is 0 Å². The van der Waals surface area contributed by atoms with Gasteiger partial charge in [-0.05, 0) is 29.3 Å². The van der Waals surface area contributed by atoms with Gasteiger partial charge in [-0.2, -0.15) is 13.2 Å². The summed E-state index contributed by atoms with van der Waals surface area (Å²) in [6.45, 7) is 0. The molecule has 0 saturated carbocycles. The SMILES string of the molecule is COc1cc(-c2ccc(C(=O)O)c(C(F)(F)F)c2)ccn1. The number of benzene rings is 1. The zero-order valence-corrected chi connectivity index (χ0v) is 10.8. The predicted octanol–water partition coefficient (Wildman–Crippen LogP) is 3.47. The summed E-state index contributed by atoms with van der Waals surface area (Å²) >= 11 is 0. The van der Waals surface area contributed by atoms with Crippen LogP contribution in [0.15, 0.2) is 36.5 Å². The lowest BCUT2D eigenvalue weighted by Gasteiger charge is -2.12. The number of methoxy groups -OCH3 is 1. The van der Waals surface area contributed by atoms with Crippen LogP contribution in [0.3, 0.4) is 0 Å². The molecule has 0 amide bonds. The second-order valence-corrected chi connectivity index (χ2v) is 4.15. The molecule has 4 nitrogen and oxygen atoms in total. The maximum absolute atomic E-state index is 12.9. The molecule has 7 heteroatoms. The maximum Gasteiger partial charge on any atom is 0.417 e. The Hall–Kier alpha value is -2.57. The largest absolute Gasteiger partial charge is 0.481 e. The molecule has 2 rings (SSSR count). The van der Waals surface area contributed by atoms with Crippen LogP contribution in [0.1, 0.15) is 15.9 Å². The predicted molar refractivity (Wildman–Crippen MR) is 68.2 cm³/mol. The first-order valence-corrected chi connectivity index (χ1v) is 5.78. The number of aromatic carboxylic acids is 1. The molecule has 1 heterocycles. The first-order valence-electron chi connectivity index (χ1n) is 5.78. The normalized spacial score (nSPS) is 11.2. The highest BCUT2D eigenvalue weighted by molar-refractivity contribution is 5.90. The zero-order chi connectivity index (χ0) is 15.6. The summed E-state index contributed by atoms with van der Waals surface area (Å²) < 4.78 is 43.8. The fraction of sp³-hybridized carbons (Fsp3) is 0.143. The minimum atomic E-state index is -4.75. The van der Waals surface area contributed by atoms with Gasteiger partial charge in [-0.15, -0.1) is 0 Å². The van der Waals surface area contributed by atoms with Crippen molar-refractivity contribution in [3.63, 3.8) is 0 Å². The van der Waals surface area contributed by atoms with E-state index < -0.39 is 23.3 Å². The van der Waals surface area contributed by atoms with E-state index in [1.54, 1.807) is 0 Å². The third kappa shape index (κ3) is 3.13. The summed E-state index contributed by atoms with van der Waals surface area (Å²) in [7, 11) is 1.39. The Morgan fingerprint density at radius 1 is 1.19 bits per heavy atom. The van der Waals surface area contributed by atoms with Crippen LogP contribution in [0.25, 0.3) is 11.1 Å².